The van der Waals surface area contributed by atoms with E-state index in [0.717, 1.165) is 56.0 Å². The van der Waals surface area contributed by atoms with Gasteiger partial charge in [0.15, 0.2) is 0 Å². The van der Waals surface area contributed by atoms with Crippen LogP contribution >= 0.6 is 0 Å². The smallest absolute Gasteiger partial charge is 0.225 e. The molecule has 0 bridgehead atoms. The molecular weight excluding hydrogens is 374 g/mol. The molecule has 3 heterocycles. The van der Waals surface area contributed by atoms with Gasteiger partial charge in [-0.15, -0.1) is 0 Å². The molecule has 6 heteroatoms. The molecule has 0 aliphatic carbocycles. The lowest BCUT2D eigenvalue weighted by atomic mass is 9.97. The van der Waals surface area contributed by atoms with Crippen molar-refractivity contribution < 1.29 is 4.79 Å². The highest BCUT2D eigenvalue weighted by atomic mass is 16.1. The minimum atomic E-state index is 0.0196. The Morgan fingerprint density at radius 2 is 1.73 bits per heavy atom. The van der Waals surface area contributed by atoms with Crippen molar-refractivity contribution in [1.29, 1.82) is 0 Å². The van der Waals surface area contributed by atoms with Crippen LogP contribution < -0.4 is 10.2 Å². The average molecular weight is 408 g/mol. The highest BCUT2D eigenvalue weighted by Gasteiger charge is 2.27. The lowest BCUT2D eigenvalue weighted by molar-refractivity contribution is -0.125. The SMILES string of the molecule is O=C(NCCCN1CCCCC1)C1CCCN(c2ncc(-c3ccccc3)cn2)C1. The second-order valence-corrected chi connectivity index (χ2v) is 8.47. The van der Waals surface area contributed by atoms with Gasteiger partial charge >= 0.3 is 0 Å². The highest BCUT2D eigenvalue weighted by Crippen LogP contribution is 2.23. The summed E-state index contributed by atoms with van der Waals surface area (Å²) in [5.41, 5.74) is 2.13. The van der Waals surface area contributed by atoms with Crippen molar-refractivity contribution >= 4 is 11.9 Å². The molecule has 30 heavy (non-hydrogen) atoms. The van der Waals surface area contributed by atoms with E-state index in [9.17, 15) is 4.79 Å². The fourth-order valence-corrected chi connectivity index (χ4v) is 4.48. The number of anilines is 1. The van der Waals surface area contributed by atoms with E-state index in [1.54, 1.807) is 0 Å². The number of piperidine rings is 2. The number of amides is 1. The van der Waals surface area contributed by atoms with Gasteiger partial charge in [0.05, 0.1) is 5.92 Å². The zero-order chi connectivity index (χ0) is 20.6. The van der Waals surface area contributed by atoms with Gasteiger partial charge in [-0.1, -0.05) is 36.8 Å². The van der Waals surface area contributed by atoms with E-state index in [2.05, 4.69) is 37.2 Å². The van der Waals surface area contributed by atoms with Gasteiger partial charge in [0.1, 0.15) is 0 Å². The molecule has 160 valence electrons. The second kappa shape index (κ2) is 10.5. The molecule has 1 amide bonds. The second-order valence-electron chi connectivity index (χ2n) is 8.47. The normalized spacial score (nSPS) is 20.1. The topological polar surface area (TPSA) is 61.4 Å². The van der Waals surface area contributed by atoms with Crippen molar-refractivity contribution in [3.63, 3.8) is 0 Å². The Labute approximate surface area is 179 Å². The number of carbonyl (C=O) groups excluding carboxylic acids is 1. The number of hydrogen-bond donors (Lipinski definition) is 1. The number of likely N-dealkylation sites (tertiary alicyclic amines) is 1. The maximum absolute atomic E-state index is 12.7. The van der Waals surface area contributed by atoms with Crippen LogP contribution in [-0.2, 0) is 4.79 Å². The Morgan fingerprint density at radius 3 is 2.50 bits per heavy atom. The Bertz CT molecular complexity index is 789. The van der Waals surface area contributed by atoms with E-state index < -0.39 is 0 Å². The largest absolute Gasteiger partial charge is 0.356 e. The third-order valence-electron chi connectivity index (χ3n) is 6.22. The van der Waals surface area contributed by atoms with Gasteiger partial charge in [-0.25, -0.2) is 9.97 Å². The monoisotopic (exact) mass is 407 g/mol. The highest BCUT2D eigenvalue weighted by molar-refractivity contribution is 5.79. The molecule has 0 radical (unpaired) electrons. The summed E-state index contributed by atoms with van der Waals surface area (Å²) in [7, 11) is 0. The zero-order valence-corrected chi connectivity index (χ0v) is 17.8. The molecule has 1 atom stereocenters. The first-order chi connectivity index (χ1) is 14.8. The van der Waals surface area contributed by atoms with Gasteiger partial charge < -0.3 is 15.1 Å². The number of aromatic nitrogens is 2. The molecule has 2 aliphatic heterocycles. The van der Waals surface area contributed by atoms with Crippen LogP contribution in [0.1, 0.15) is 38.5 Å². The first kappa shape index (κ1) is 20.8. The van der Waals surface area contributed by atoms with E-state index in [1.165, 1.54) is 32.4 Å². The van der Waals surface area contributed by atoms with E-state index in [4.69, 9.17) is 0 Å². The summed E-state index contributed by atoms with van der Waals surface area (Å²) in [5.74, 6) is 0.919. The van der Waals surface area contributed by atoms with E-state index in [0.29, 0.717) is 6.54 Å². The van der Waals surface area contributed by atoms with Crippen LogP contribution in [0.15, 0.2) is 42.7 Å². The first-order valence-electron chi connectivity index (χ1n) is 11.4. The van der Waals surface area contributed by atoms with Gasteiger partial charge in [0.25, 0.3) is 0 Å². The Morgan fingerprint density at radius 1 is 0.967 bits per heavy atom. The quantitative estimate of drug-likeness (QED) is 0.713. The number of rotatable bonds is 7. The number of hydrogen-bond acceptors (Lipinski definition) is 5. The van der Waals surface area contributed by atoms with Gasteiger partial charge in [0, 0.05) is 37.6 Å². The molecule has 1 aromatic carbocycles. The molecule has 1 aromatic heterocycles. The summed E-state index contributed by atoms with van der Waals surface area (Å²) in [6, 6.07) is 10.2. The molecule has 2 saturated heterocycles. The van der Waals surface area contributed by atoms with Gasteiger partial charge in [-0.3, -0.25) is 4.79 Å². The lowest BCUT2D eigenvalue weighted by Gasteiger charge is -2.32. The minimum absolute atomic E-state index is 0.0196. The maximum Gasteiger partial charge on any atom is 0.225 e. The van der Waals surface area contributed by atoms with Crippen LogP contribution in [0.2, 0.25) is 0 Å². The molecule has 0 saturated carbocycles. The summed E-state index contributed by atoms with van der Waals surface area (Å²) < 4.78 is 0. The van der Waals surface area contributed by atoms with Crippen LogP contribution in [0.4, 0.5) is 5.95 Å². The van der Waals surface area contributed by atoms with E-state index >= 15 is 0 Å². The van der Waals surface area contributed by atoms with E-state index in [-0.39, 0.29) is 11.8 Å². The molecule has 0 spiro atoms. The summed E-state index contributed by atoms with van der Waals surface area (Å²) in [5, 5.41) is 3.16. The van der Waals surface area contributed by atoms with Crippen molar-refractivity contribution in [3.05, 3.63) is 42.7 Å². The molecular formula is C24H33N5O. The first-order valence-corrected chi connectivity index (χ1v) is 11.4. The Balaban J connectivity index is 1.25. The summed E-state index contributed by atoms with van der Waals surface area (Å²) >= 11 is 0. The van der Waals surface area contributed by atoms with Gasteiger partial charge in [0.2, 0.25) is 11.9 Å². The molecule has 6 nitrogen and oxygen atoms in total. The van der Waals surface area contributed by atoms with Crippen LogP contribution in [0.3, 0.4) is 0 Å². The fraction of sp³-hybridized carbons (Fsp3) is 0.542. The predicted molar refractivity (Wildman–Crippen MR) is 120 cm³/mol. The number of carbonyl (C=O) groups is 1. The molecule has 2 fully saturated rings. The number of nitrogens with one attached hydrogen (secondary N) is 1. The predicted octanol–water partition coefficient (Wildman–Crippen LogP) is 3.35. The summed E-state index contributed by atoms with van der Waals surface area (Å²) in [6.45, 7) is 5.90. The standard InChI is InChI=1S/C24H33N5O/c30-23(25-12-8-15-28-13-5-2-6-14-28)21-11-7-16-29(19-21)24-26-17-22(18-27-24)20-9-3-1-4-10-20/h1,3-4,9-10,17-18,21H,2,5-8,11-16,19H2,(H,25,30). The molecule has 1 N–H and O–H groups in total. The summed E-state index contributed by atoms with van der Waals surface area (Å²) in [4.78, 5) is 26.5. The number of nitrogens with zero attached hydrogens (tertiary/aromatic N) is 4. The van der Waals surface area contributed by atoms with Gasteiger partial charge in [-0.2, -0.15) is 0 Å². The van der Waals surface area contributed by atoms with Crippen molar-refractivity contribution in [2.24, 2.45) is 5.92 Å². The van der Waals surface area contributed by atoms with Crippen molar-refractivity contribution in [2.45, 2.75) is 38.5 Å². The Hall–Kier alpha value is -2.47. The minimum Gasteiger partial charge on any atom is -0.356 e. The molecule has 2 aromatic rings. The Kier molecular flexibility index (Phi) is 7.29. The van der Waals surface area contributed by atoms with E-state index in [1.807, 2.05) is 30.6 Å². The maximum atomic E-state index is 12.7. The van der Waals surface area contributed by atoms with Crippen molar-refractivity contribution in [3.8, 4) is 11.1 Å². The van der Waals surface area contributed by atoms with Crippen LogP contribution in [-0.4, -0.2) is 60.0 Å². The fourth-order valence-electron chi connectivity index (χ4n) is 4.48. The van der Waals surface area contributed by atoms with Crippen LogP contribution in [0.5, 0.6) is 0 Å². The third-order valence-corrected chi connectivity index (χ3v) is 6.22. The van der Waals surface area contributed by atoms with Crippen LogP contribution in [0, 0.1) is 5.92 Å². The third kappa shape index (κ3) is 5.57. The molecule has 2 aliphatic rings. The number of benzene rings is 1. The van der Waals surface area contributed by atoms with Gasteiger partial charge in [-0.05, 0) is 57.3 Å². The summed E-state index contributed by atoms with van der Waals surface area (Å²) in [6.07, 6.45) is 10.7. The molecule has 1 unspecified atom stereocenters. The van der Waals surface area contributed by atoms with Crippen molar-refractivity contribution in [1.82, 2.24) is 20.2 Å². The molecule has 4 rings (SSSR count). The van der Waals surface area contributed by atoms with Crippen LogP contribution in [0.25, 0.3) is 11.1 Å². The zero-order valence-electron chi connectivity index (χ0n) is 17.8. The average Bonchev–Trinajstić information content (AvgIpc) is 2.83. The van der Waals surface area contributed by atoms with Crippen molar-refractivity contribution in [2.75, 3.05) is 44.2 Å². The lowest BCUT2D eigenvalue weighted by Crippen LogP contribution is -2.44.